The number of hydrogen-bond acceptors (Lipinski definition) is 3. The Morgan fingerprint density at radius 3 is 2.73 bits per heavy atom. The first-order chi connectivity index (χ1) is 7.28. The number of likely N-dealkylation sites (tertiary alicyclic amines) is 1. The van der Waals surface area contributed by atoms with E-state index < -0.39 is 0 Å². The summed E-state index contributed by atoms with van der Waals surface area (Å²) in [5.41, 5.74) is 0. The number of likely N-dealkylation sites (N-methyl/N-ethyl adjacent to an activating group) is 1. The number of nitrogens with one attached hydrogen (secondary N) is 1. The molecule has 0 spiro atoms. The lowest BCUT2D eigenvalue weighted by molar-refractivity contribution is 0.154. The molecular weight excluding hydrogens is 188 g/mol. The number of rotatable bonds is 5. The van der Waals surface area contributed by atoms with Crippen molar-refractivity contribution in [1.82, 2.24) is 10.2 Å². The molecule has 1 aliphatic heterocycles. The Bertz CT molecular complexity index is 192. The highest BCUT2D eigenvalue weighted by Crippen LogP contribution is 2.37. The normalized spacial score (nSPS) is 33.2. The molecule has 1 aliphatic carbocycles. The van der Waals surface area contributed by atoms with Crippen LogP contribution in [0.25, 0.3) is 0 Å². The molecule has 0 aromatic rings. The van der Waals surface area contributed by atoms with Gasteiger partial charge in [0, 0.05) is 25.7 Å². The van der Waals surface area contributed by atoms with Crippen LogP contribution < -0.4 is 5.32 Å². The van der Waals surface area contributed by atoms with Gasteiger partial charge in [-0.15, -0.1) is 0 Å². The smallest absolute Gasteiger partial charge is 0.0556 e. The third-order valence-electron chi connectivity index (χ3n) is 3.63. The van der Waals surface area contributed by atoms with Crippen LogP contribution in [0.2, 0.25) is 0 Å². The van der Waals surface area contributed by atoms with Crippen LogP contribution >= 0.6 is 0 Å². The maximum atomic E-state index is 8.81. The van der Waals surface area contributed by atoms with Crippen LogP contribution in [0, 0.1) is 11.8 Å². The monoisotopic (exact) mass is 212 g/mol. The molecule has 1 heterocycles. The van der Waals surface area contributed by atoms with Gasteiger partial charge in [0.25, 0.3) is 0 Å². The van der Waals surface area contributed by atoms with Crippen LogP contribution in [0.1, 0.15) is 25.7 Å². The molecule has 88 valence electrons. The average molecular weight is 212 g/mol. The largest absolute Gasteiger partial charge is 0.395 e. The predicted molar refractivity (Wildman–Crippen MR) is 61.8 cm³/mol. The lowest BCUT2D eigenvalue weighted by Crippen LogP contribution is -2.48. The van der Waals surface area contributed by atoms with Crippen molar-refractivity contribution >= 4 is 0 Å². The first-order valence-electron chi connectivity index (χ1n) is 6.30. The summed E-state index contributed by atoms with van der Waals surface area (Å²) in [5.74, 6) is 1.92. The van der Waals surface area contributed by atoms with Gasteiger partial charge < -0.3 is 15.3 Å². The van der Waals surface area contributed by atoms with Crippen LogP contribution in [0.15, 0.2) is 0 Å². The Hall–Kier alpha value is -0.120. The van der Waals surface area contributed by atoms with Crippen molar-refractivity contribution < 1.29 is 5.11 Å². The van der Waals surface area contributed by atoms with Crippen molar-refractivity contribution in [2.45, 2.75) is 31.7 Å². The van der Waals surface area contributed by atoms with Gasteiger partial charge in [0.2, 0.25) is 0 Å². The van der Waals surface area contributed by atoms with Gasteiger partial charge in [-0.25, -0.2) is 0 Å². The van der Waals surface area contributed by atoms with E-state index in [9.17, 15) is 0 Å². The van der Waals surface area contributed by atoms with Crippen LogP contribution in [-0.4, -0.2) is 49.3 Å². The van der Waals surface area contributed by atoms with E-state index in [-0.39, 0.29) is 6.61 Å². The van der Waals surface area contributed by atoms with E-state index in [1.807, 2.05) is 0 Å². The molecule has 0 aromatic carbocycles. The Labute approximate surface area is 92.8 Å². The van der Waals surface area contributed by atoms with E-state index in [2.05, 4.69) is 17.3 Å². The highest BCUT2D eigenvalue weighted by molar-refractivity contribution is 4.86. The number of aliphatic hydroxyl groups is 1. The Balaban J connectivity index is 1.74. The minimum atomic E-state index is 0.257. The van der Waals surface area contributed by atoms with Crippen LogP contribution in [0.4, 0.5) is 0 Å². The van der Waals surface area contributed by atoms with Crippen molar-refractivity contribution in [2.75, 3.05) is 33.3 Å². The van der Waals surface area contributed by atoms with Gasteiger partial charge in [-0.1, -0.05) is 12.8 Å². The number of nitrogens with zero attached hydrogens (tertiary/aromatic N) is 1. The molecule has 0 amide bonds. The van der Waals surface area contributed by atoms with E-state index in [1.54, 1.807) is 0 Å². The predicted octanol–water partition coefficient (Wildman–Crippen LogP) is 0.689. The summed E-state index contributed by atoms with van der Waals surface area (Å²) in [6.07, 6.45) is 5.67. The third kappa shape index (κ3) is 3.74. The number of hydrogen-bond donors (Lipinski definition) is 2. The highest BCUT2D eigenvalue weighted by Gasteiger charge is 2.30. The van der Waals surface area contributed by atoms with Gasteiger partial charge in [-0.05, 0) is 31.7 Å². The Kier molecular flexibility index (Phi) is 4.00. The van der Waals surface area contributed by atoms with E-state index in [0.29, 0.717) is 6.04 Å². The summed E-state index contributed by atoms with van der Waals surface area (Å²) >= 11 is 0. The molecule has 2 atom stereocenters. The third-order valence-corrected chi connectivity index (χ3v) is 3.63. The molecule has 2 rings (SSSR count). The second-order valence-electron chi connectivity index (χ2n) is 5.38. The first kappa shape index (κ1) is 11.4. The zero-order valence-electron chi connectivity index (χ0n) is 9.78. The molecule has 2 N–H and O–H groups in total. The van der Waals surface area contributed by atoms with E-state index in [1.165, 1.54) is 32.2 Å². The van der Waals surface area contributed by atoms with E-state index in [4.69, 9.17) is 5.11 Å². The summed E-state index contributed by atoms with van der Waals surface area (Å²) < 4.78 is 0. The summed E-state index contributed by atoms with van der Waals surface area (Å²) in [4.78, 5) is 2.44. The number of aliphatic hydroxyl groups excluding tert-OH is 1. The van der Waals surface area contributed by atoms with E-state index >= 15 is 0 Å². The molecule has 3 heteroatoms. The SMILES string of the molecule is CN1CC(CC2CC2)CC(NCCO)C1. The van der Waals surface area contributed by atoms with Gasteiger partial charge in [0.15, 0.2) is 0 Å². The van der Waals surface area contributed by atoms with Gasteiger partial charge >= 0.3 is 0 Å². The molecule has 0 bridgehead atoms. The zero-order valence-corrected chi connectivity index (χ0v) is 9.78. The van der Waals surface area contributed by atoms with Crippen molar-refractivity contribution in [1.29, 1.82) is 0 Å². The van der Waals surface area contributed by atoms with Gasteiger partial charge in [-0.2, -0.15) is 0 Å². The fraction of sp³-hybridized carbons (Fsp3) is 1.00. The summed E-state index contributed by atoms with van der Waals surface area (Å²) in [7, 11) is 2.21. The molecule has 1 saturated carbocycles. The van der Waals surface area contributed by atoms with Crippen LogP contribution in [0.3, 0.4) is 0 Å². The fourth-order valence-corrected chi connectivity index (χ4v) is 2.86. The van der Waals surface area contributed by atoms with Crippen molar-refractivity contribution in [3.8, 4) is 0 Å². The first-order valence-corrected chi connectivity index (χ1v) is 6.30. The molecule has 0 aromatic heterocycles. The maximum absolute atomic E-state index is 8.81. The minimum Gasteiger partial charge on any atom is -0.395 e. The molecule has 2 aliphatic rings. The van der Waals surface area contributed by atoms with Crippen LogP contribution in [-0.2, 0) is 0 Å². The maximum Gasteiger partial charge on any atom is 0.0556 e. The molecule has 2 unspecified atom stereocenters. The van der Waals surface area contributed by atoms with Gasteiger partial charge in [-0.3, -0.25) is 0 Å². The Morgan fingerprint density at radius 2 is 2.07 bits per heavy atom. The van der Waals surface area contributed by atoms with Gasteiger partial charge in [0.1, 0.15) is 0 Å². The van der Waals surface area contributed by atoms with Crippen molar-refractivity contribution in [3.05, 3.63) is 0 Å². The van der Waals surface area contributed by atoms with Gasteiger partial charge in [0.05, 0.1) is 6.61 Å². The lowest BCUT2D eigenvalue weighted by Gasteiger charge is -2.36. The molecule has 15 heavy (non-hydrogen) atoms. The quantitative estimate of drug-likeness (QED) is 0.704. The molecule has 3 nitrogen and oxygen atoms in total. The zero-order chi connectivity index (χ0) is 10.7. The van der Waals surface area contributed by atoms with E-state index in [0.717, 1.165) is 24.9 Å². The molecular formula is C12H24N2O. The summed E-state index contributed by atoms with van der Waals surface area (Å²) in [6, 6.07) is 0.597. The standard InChI is InChI=1S/C12H24N2O/c1-14-8-11(6-10-2-3-10)7-12(9-14)13-4-5-15/h10-13,15H,2-9H2,1H3. The second kappa shape index (κ2) is 5.28. The molecule has 1 saturated heterocycles. The lowest BCUT2D eigenvalue weighted by atomic mass is 9.90. The number of piperidine rings is 1. The summed E-state index contributed by atoms with van der Waals surface area (Å²) in [6.45, 7) is 3.41. The summed E-state index contributed by atoms with van der Waals surface area (Å²) in [5, 5.41) is 12.2. The molecule has 0 radical (unpaired) electrons. The molecule has 2 fully saturated rings. The average Bonchev–Trinajstić information content (AvgIpc) is 2.98. The van der Waals surface area contributed by atoms with Crippen LogP contribution in [0.5, 0.6) is 0 Å². The fourth-order valence-electron chi connectivity index (χ4n) is 2.86. The minimum absolute atomic E-state index is 0.257. The highest BCUT2D eigenvalue weighted by atomic mass is 16.3. The topological polar surface area (TPSA) is 35.5 Å². The Morgan fingerprint density at radius 1 is 1.27 bits per heavy atom. The second-order valence-corrected chi connectivity index (χ2v) is 5.38. The van der Waals surface area contributed by atoms with Crippen molar-refractivity contribution in [3.63, 3.8) is 0 Å². The van der Waals surface area contributed by atoms with Crippen molar-refractivity contribution in [2.24, 2.45) is 11.8 Å².